The number of pyridine rings is 1. The maximum Gasteiger partial charge on any atom is 0.490 e. The highest BCUT2D eigenvalue weighted by molar-refractivity contribution is 6.58. The summed E-state index contributed by atoms with van der Waals surface area (Å²) < 4.78 is 13.0. The fraction of sp³-hybridized carbons (Fsp3) is 0.143. The Labute approximate surface area is 74.2 Å². The van der Waals surface area contributed by atoms with Crippen LogP contribution in [0.15, 0.2) is 12.3 Å². The van der Waals surface area contributed by atoms with Crippen LogP contribution in [0.1, 0.15) is 17.4 Å². The molecule has 0 aliphatic carbocycles. The highest BCUT2D eigenvalue weighted by Gasteiger charge is 2.16. The van der Waals surface area contributed by atoms with Gasteiger partial charge in [0.2, 0.25) is 0 Å². The van der Waals surface area contributed by atoms with E-state index in [0.717, 1.165) is 12.3 Å². The van der Waals surface area contributed by atoms with Gasteiger partial charge in [-0.05, 0) is 6.07 Å². The standard InChI is InChI=1S/C7H7BFNO3/c1-4(11)7-6(9)2-5(3-10-7)8(12)13/h2-3,12-13H,1H3. The molecule has 0 atom stereocenters. The smallest absolute Gasteiger partial charge is 0.423 e. The molecule has 0 saturated heterocycles. The summed E-state index contributed by atoms with van der Waals surface area (Å²) in [7, 11) is -1.77. The largest absolute Gasteiger partial charge is 0.490 e. The van der Waals surface area contributed by atoms with Crippen molar-refractivity contribution in [3.8, 4) is 0 Å². The second-order valence-corrected chi connectivity index (χ2v) is 2.53. The normalized spacial score (nSPS) is 9.85. The van der Waals surface area contributed by atoms with Crippen LogP contribution in [-0.4, -0.2) is 27.9 Å². The molecule has 0 unspecified atom stereocenters. The minimum absolute atomic E-state index is 0.0810. The molecular formula is C7H7BFNO3. The van der Waals surface area contributed by atoms with Crippen LogP contribution in [0, 0.1) is 5.82 Å². The van der Waals surface area contributed by atoms with Crippen molar-refractivity contribution in [2.24, 2.45) is 0 Å². The quantitative estimate of drug-likeness (QED) is 0.460. The summed E-state index contributed by atoms with van der Waals surface area (Å²) in [5.41, 5.74) is -0.382. The highest BCUT2D eigenvalue weighted by atomic mass is 19.1. The van der Waals surface area contributed by atoms with Crippen molar-refractivity contribution in [2.45, 2.75) is 6.92 Å². The SMILES string of the molecule is CC(=O)c1ncc(B(O)O)cc1F. The number of nitrogens with zero attached hydrogens (tertiary/aromatic N) is 1. The van der Waals surface area contributed by atoms with Crippen LogP contribution in [0.3, 0.4) is 0 Å². The molecule has 1 heterocycles. The van der Waals surface area contributed by atoms with E-state index in [2.05, 4.69) is 4.98 Å². The second kappa shape index (κ2) is 3.63. The van der Waals surface area contributed by atoms with Crippen LogP contribution in [0.5, 0.6) is 0 Å². The lowest BCUT2D eigenvalue weighted by molar-refractivity contribution is 0.100. The summed E-state index contributed by atoms with van der Waals surface area (Å²) >= 11 is 0. The molecule has 0 aliphatic heterocycles. The lowest BCUT2D eigenvalue weighted by Crippen LogP contribution is -2.31. The van der Waals surface area contributed by atoms with Crippen molar-refractivity contribution in [1.82, 2.24) is 4.98 Å². The minimum atomic E-state index is -1.77. The predicted octanol–water partition coefficient (Wildman–Crippen LogP) is -0.897. The first-order chi connectivity index (χ1) is 6.02. The van der Waals surface area contributed by atoms with Crippen molar-refractivity contribution >= 4 is 18.4 Å². The van der Waals surface area contributed by atoms with Gasteiger partial charge in [0.25, 0.3) is 0 Å². The summed E-state index contributed by atoms with van der Waals surface area (Å²) in [5.74, 6) is -1.35. The van der Waals surface area contributed by atoms with Gasteiger partial charge in [-0.2, -0.15) is 0 Å². The van der Waals surface area contributed by atoms with E-state index >= 15 is 0 Å². The third-order valence-corrected chi connectivity index (χ3v) is 1.49. The van der Waals surface area contributed by atoms with E-state index in [-0.39, 0.29) is 11.2 Å². The molecule has 1 aromatic rings. The molecule has 1 rings (SSSR count). The molecule has 6 heteroatoms. The molecule has 4 nitrogen and oxygen atoms in total. The zero-order valence-corrected chi connectivity index (χ0v) is 6.86. The number of ketones is 1. The summed E-state index contributed by atoms with van der Waals surface area (Å²) in [6.45, 7) is 1.18. The number of aromatic nitrogens is 1. The monoisotopic (exact) mass is 183 g/mol. The van der Waals surface area contributed by atoms with Crippen molar-refractivity contribution in [2.75, 3.05) is 0 Å². The first kappa shape index (κ1) is 9.82. The molecule has 0 aliphatic rings. The summed E-state index contributed by atoms with van der Waals surface area (Å²) in [4.78, 5) is 14.2. The van der Waals surface area contributed by atoms with Gasteiger partial charge in [-0.3, -0.25) is 9.78 Å². The first-order valence-corrected chi connectivity index (χ1v) is 3.55. The Kier molecular flexibility index (Phi) is 2.74. The molecule has 13 heavy (non-hydrogen) atoms. The van der Waals surface area contributed by atoms with E-state index in [1.807, 2.05) is 0 Å². The molecule has 0 amide bonds. The maximum atomic E-state index is 13.0. The Balaban J connectivity index is 3.13. The Morgan fingerprint density at radius 1 is 1.62 bits per heavy atom. The van der Waals surface area contributed by atoms with E-state index in [1.54, 1.807) is 0 Å². The summed E-state index contributed by atoms with van der Waals surface area (Å²) in [6.07, 6.45) is 1.05. The van der Waals surface area contributed by atoms with Gasteiger partial charge in [0.15, 0.2) is 11.6 Å². The first-order valence-electron chi connectivity index (χ1n) is 3.55. The lowest BCUT2D eigenvalue weighted by atomic mass is 9.81. The van der Waals surface area contributed by atoms with Gasteiger partial charge in [-0.25, -0.2) is 4.39 Å². The predicted molar refractivity (Wildman–Crippen MR) is 44.0 cm³/mol. The van der Waals surface area contributed by atoms with Crippen LogP contribution in [0.4, 0.5) is 4.39 Å². The van der Waals surface area contributed by atoms with Gasteiger partial charge in [0.1, 0.15) is 5.69 Å². The molecule has 0 spiro atoms. The van der Waals surface area contributed by atoms with Crippen LogP contribution in [0.25, 0.3) is 0 Å². The number of hydrogen-bond donors (Lipinski definition) is 2. The molecule has 0 fully saturated rings. The molecular weight excluding hydrogens is 176 g/mol. The zero-order chi connectivity index (χ0) is 10.0. The van der Waals surface area contributed by atoms with E-state index in [1.165, 1.54) is 6.92 Å². The Morgan fingerprint density at radius 3 is 2.62 bits per heavy atom. The van der Waals surface area contributed by atoms with Gasteiger partial charge in [0, 0.05) is 18.6 Å². The maximum absolute atomic E-state index is 13.0. The minimum Gasteiger partial charge on any atom is -0.423 e. The molecule has 1 aromatic heterocycles. The average molecular weight is 183 g/mol. The second-order valence-electron chi connectivity index (χ2n) is 2.53. The van der Waals surface area contributed by atoms with Crippen molar-refractivity contribution in [3.05, 3.63) is 23.8 Å². The van der Waals surface area contributed by atoms with Gasteiger partial charge in [-0.15, -0.1) is 0 Å². The van der Waals surface area contributed by atoms with Gasteiger partial charge >= 0.3 is 7.12 Å². The fourth-order valence-corrected chi connectivity index (χ4v) is 0.853. The van der Waals surface area contributed by atoms with E-state index in [9.17, 15) is 9.18 Å². The topological polar surface area (TPSA) is 70.4 Å². The molecule has 0 bridgehead atoms. The summed E-state index contributed by atoms with van der Waals surface area (Å²) in [6, 6.07) is 0.869. The summed E-state index contributed by atoms with van der Waals surface area (Å²) in [5, 5.41) is 17.3. The number of hydrogen-bond acceptors (Lipinski definition) is 4. The number of carbonyl (C=O) groups is 1. The third kappa shape index (κ3) is 2.10. The highest BCUT2D eigenvalue weighted by Crippen LogP contribution is 2.01. The van der Waals surface area contributed by atoms with Gasteiger partial charge in [0.05, 0.1) is 0 Å². The van der Waals surface area contributed by atoms with E-state index in [4.69, 9.17) is 10.0 Å². The van der Waals surface area contributed by atoms with Crippen molar-refractivity contribution < 1.29 is 19.2 Å². The van der Waals surface area contributed by atoms with Crippen LogP contribution in [-0.2, 0) is 0 Å². The number of carbonyl (C=O) groups excluding carboxylic acids is 1. The number of halogens is 1. The third-order valence-electron chi connectivity index (χ3n) is 1.49. The van der Waals surface area contributed by atoms with E-state index in [0.29, 0.717) is 0 Å². The van der Waals surface area contributed by atoms with Crippen molar-refractivity contribution in [1.29, 1.82) is 0 Å². The van der Waals surface area contributed by atoms with Crippen molar-refractivity contribution in [3.63, 3.8) is 0 Å². The lowest BCUT2D eigenvalue weighted by Gasteiger charge is -2.01. The van der Waals surface area contributed by atoms with Crippen LogP contribution < -0.4 is 5.46 Å². The van der Waals surface area contributed by atoms with Crippen LogP contribution >= 0.6 is 0 Å². The molecule has 0 radical (unpaired) electrons. The molecule has 68 valence electrons. The molecule has 2 N–H and O–H groups in total. The van der Waals surface area contributed by atoms with Gasteiger partial charge < -0.3 is 10.0 Å². The Hall–Kier alpha value is -1.27. The zero-order valence-electron chi connectivity index (χ0n) is 6.86. The Morgan fingerprint density at radius 2 is 2.23 bits per heavy atom. The average Bonchev–Trinajstić information content (AvgIpc) is 2.03. The van der Waals surface area contributed by atoms with Gasteiger partial charge in [-0.1, -0.05) is 0 Å². The van der Waals surface area contributed by atoms with E-state index < -0.39 is 18.7 Å². The van der Waals surface area contributed by atoms with Crippen LogP contribution in [0.2, 0.25) is 0 Å². The molecule has 0 aromatic carbocycles. The Bertz CT molecular complexity index is 343. The number of Topliss-reactive ketones (excluding diaryl/α,β-unsaturated/α-hetero) is 1. The number of rotatable bonds is 2. The molecule has 0 saturated carbocycles. The fourth-order valence-electron chi connectivity index (χ4n) is 0.853.